The first-order valence-electron chi connectivity index (χ1n) is 8.23. The van der Waals surface area contributed by atoms with Crippen LogP contribution < -0.4 is 0 Å². The first kappa shape index (κ1) is 14.8. The Morgan fingerprint density at radius 2 is 1.95 bits per heavy atom. The second-order valence-corrected chi connectivity index (χ2v) is 8.05. The largest absolute Gasteiger partial charge is 0.481 e. The molecule has 0 radical (unpaired) electrons. The van der Waals surface area contributed by atoms with Crippen molar-refractivity contribution in [2.24, 2.45) is 22.2 Å². The lowest BCUT2D eigenvalue weighted by molar-refractivity contribution is -0.155. The average molecular weight is 290 g/mol. The van der Waals surface area contributed by atoms with Gasteiger partial charge in [0, 0.05) is 11.8 Å². The van der Waals surface area contributed by atoms with Gasteiger partial charge in [-0.25, -0.2) is 0 Å². The van der Waals surface area contributed by atoms with E-state index < -0.39 is 11.4 Å². The van der Waals surface area contributed by atoms with Crippen molar-refractivity contribution in [2.75, 3.05) is 0 Å². The van der Waals surface area contributed by atoms with E-state index in [0.717, 1.165) is 37.7 Å². The van der Waals surface area contributed by atoms with Crippen molar-refractivity contribution >= 4 is 11.8 Å². The van der Waals surface area contributed by atoms with Crippen LogP contribution in [0.5, 0.6) is 0 Å². The minimum absolute atomic E-state index is 0.117. The Labute approximate surface area is 126 Å². The SMILES string of the molecule is CC1(C)C(=O)CC[C@]2(C)C3=CCCC[C@]3(C(=O)O)CCC12. The molecule has 2 fully saturated rings. The third-order valence-corrected chi connectivity index (χ3v) is 6.79. The lowest BCUT2D eigenvalue weighted by atomic mass is 9.44. The van der Waals surface area contributed by atoms with Gasteiger partial charge >= 0.3 is 5.97 Å². The Morgan fingerprint density at radius 1 is 1.24 bits per heavy atom. The summed E-state index contributed by atoms with van der Waals surface area (Å²) >= 11 is 0. The van der Waals surface area contributed by atoms with E-state index in [-0.39, 0.29) is 16.7 Å². The van der Waals surface area contributed by atoms with Crippen molar-refractivity contribution in [1.82, 2.24) is 0 Å². The molecule has 0 aromatic heterocycles. The van der Waals surface area contributed by atoms with E-state index >= 15 is 0 Å². The predicted octanol–water partition coefficient (Wildman–Crippen LogP) is 3.97. The van der Waals surface area contributed by atoms with Crippen LogP contribution in [0.3, 0.4) is 0 Å². The second-order valence-electron chi connectivity index (χ2n) is 8.05. The van der Waals surface area contributed by atoms with Gasteiger partial charge in [-0.05, 0) is 49.9 Å². The van der Waals surface area contributed by atoms with Crippen LogP contribution in [0.2, 0.25) is 0 Å². The van der Waals surface area contributed by atoms with Crippen molar-refractivity contribution < 1.29 is 14.7 Å². The highest BCUT2D eigenvalue weighted by atomic mass is 16.4. The molecule has 2 saturated carbocycles. The number of aliphatic carboxylic acids is 1. The van der Waals surface area contributed by atoms with E-state index in [1.807, 2.05) is 0 Å². The standard InChI is InChI=1S/C18H26O3/c1-16(2)12-7-11-18(15(20)21)9-5-4-6-13(18)17(12,3)10-8-14(16)19/h6,12H,4-5,7-11H2,1-3H3,(H,20,21)/t12?,17-,18-/m0/s1. The summed E-state index contributed by atoms with van der Waals surface area (Å²) in [6.45, 7) is 6.35. The first-order chi connectivity index (χ1) is 9.75. The Kier molecular flexibility index (Phi) is 3.13. The summed E-state index contributed by atoms with van der Waals surface area (Å²) in [5.41, 5.74) is 0.0512. The van der Waals surface area contributed by atoms with Gasteiger partial charge in [-0.1, -0.05) is 32.4 Å². The summed E-state index contributed by atoms with van der Waals surface area (Å²) in [6.07, 6.45) is 7.90. The maximum absolute atomic E-state index is 12.4. The molecule has 0 saturated heterocycles. The van der Waals surface area contributed by atoms with Gasteiger partial charge in [-0.15, -0.1) is 0 Å². The zero-order chi connectivity index (χ0) is 15.5. The molecular formula is C18H26O3. The second kappa shape index (κ2) is 4.44. The van der Waals surface area contributed by atoms with Crippen molar-refractivity contribution in [3.63, 3.8) is 0 Å². The van der Waals surface area contributed by atoms with Gasteiger partial charge in [0.15, 0.2) is 0 Å². The molecule has 0 aromatic rings. The molecule has 3 atom stereocenters. The van der Waals surface area contributed by atoms with Crippen molar-refractivity contribution in [2.45, 2.75) is 65.7 Å². The molecule has 3 aliphatic rings. The molecule has 3 nitrogen and oxygen atoms in total. The van der Waals surface area contributed by atoms with E-state index in [1.54, 1.807) is 0 Å². The monoisotopic (exact) mass is 290 g/mol. The number of hydrogen-bond acceptors (Lipinski definition) is 2. The highest BCUT2D eigenvalue weighted by Gasteiger charge is 2.61. The smallest absolute Gasteiger partial charge is 0.313 e. The zero-order valence-corrected chi connectivity index (χ0v) is 13.4. The van der Waals surface area contributed by atoms with Crippen LogP contribution in [0.25, 0.3) is 0 Å². The number of rotatable bonds is 1. The number of allylic oxidation sites excluding steroid dienone is 1. The number of ketones is 1. The summed E-state index contributed by atoms with van der Waals surface area (Å²) in [4.78, 5) is 24.4. The topological polar surface area (TPSA) is 54.4 Å². The summed E-state index contributed by atoms with van der Waals surface area (Å²) in [6, 6.07) is 0. The minimum atomic E-state index is -0.653. The molecule has 3 heteroatoms. The summed E-state index contributed by atoms with van der Waals surface area (Å²) in [5.74, 6) is -0.0184. The quantitative estimate of drug-likeness (QED) is 0.743. The third-order valence-electron chi connectivity index (χ3n) is 6.79. The van der Waals surface area contributed by atoms with Gasteiger partial charge in [-0.2, -0.15) is 0 Å². The molecule has 0 aliphatic heterocycles. The average Bonchev–Trinajstić information content (AvgIpc) is 2.43. The molecule has 0 bridgehead atoms. The fourth-order valence-electron chi connectivity index (χ4n) is 5.60. The number of hydrogen-bond donors (Lipinski definition) is 1. The molecule has 1 unspecified atom stereocenters. The third kappa shape index (κ3) is 1.79. The van der Waals surface area contributed by atoms with Crippen LogP contribution in [0.15, 0.2) is 11.6 Å². The number of fused-ring (bicyclic) bond motifs is 3. The molecule has 0 heterocycles. The first-order valence-corrected chi connectivity index (χ1v) is 8.23. The van der Waals surface area contributed by atoms with Crippen LogP contribution in [0, 0.1) is 22.2 Å². The van der Waals surface area contributed by atoms with Crippen molar-refractivity contribution in [1.29, 1.82) is 0 Å². The van der Waals surface area contributed by atoms with Gasteiger partial charge in [0.25, 0.3) is 0 Å². The number of carbonyl (C=O) groups is 2. The predicted molar refractivity (Wildman–Crippen MR) is 80.9 cm³/mol. The van der Waals surface area contributed by atoms with Crippen LogP contribution in [-0.2, 0) is 9.59 Å². The van der Waals surface area contributed by atoms with Crippen LogP contribution >= 0.6 is 0 Å². The lowest BCUT2D eigenvalue weighted by Gasteiger charge is -2.59. The van der Waals surface area contributed by atoms with E-state index in [2.05, 4.69) is 26.8 Å². The molecule has 21 heavy (non-hydrogen) atoms. The molecule has 3 rings (SSSR count). The molecule has 116 valence electrons. The van der Waals surface area contributed by atoms with E-state index in [0.29, 0.717) is 18.6 Å². The summed E-state index contributed by atoms with van der Waals surface area (Å²) in [5, 5.41) is 9.90. The lowest BCUT2D eigenvalue weighted by Crippen LogP contribution is -2.56. The summed E-state index contributed by atoms with van der Waals surface area (Å²) in [7, 11) is 0. The number of carboxylic acids is 1. The van der Waals surface area contributed by atoms with Gasteiger partial charge < -0.3 is 5.11 Å². The molecular weight excluding hydrogens is 264 g/mol. The van der Waals surface area contributed by atoms with Crippen LogP contribution in [0.1, 0.15) is 65.7 Å². The molecule has 1 N–H and O–H groups in total. The fourth-order valence-corrected chi connectivity index (χ4v) is 5.60. The molecule has 3 aliphatic carbocycles. The highest BCUT2D eigenvalue weighted by Crippen LogP contribution is 2.65. The molecule has 0 spiro atoms. The zero-order valence-electron chi connectivity index (χ0n) is 13.4. The van der Waals surface area contributed by atoms with E-state index in [4.69, 9.17) is 0 Å². The van der Waals surface area contributed by atoms with Gasteiger partial charge in [0.2, 0.25) is 0 Å². The minimum Gasteiger partial charge on any atom is -0.481 e. The van der Waals surface area contributed by atoms with E-state index in [9.17, 15) is 14.7 Å². The number of Topliss-reactive ketones (excluding diaryl/α,β-unsaturated/α-hetero) is 1. The van der Waals surface area contributed by atoms with Crippen molar-refractivity contribution in [3.8, 4) is 0 Å². The number of carbonyl (C=O) groups excluding carboxylic acids is 1. The summed E-state index contributed by atoms with van der Waals surface area (Å²) < 4.78 is 0. The normalized spacial score (nSPS) is 41.8. The Bertz CT molecular complexity index is 531. The van der Waals surface area contributed by atoms with Crippen molar-refractivity contribution in [3.05, 3.63) is 11.6 Å². The van der Waals surface area contributed by atoms with Crippen LogP contribution in [-0.4, -0.2) is 16.9 Å². The highest BCUT2D eigenvalue weighted by molar-refractivity contribution is 5.86. The molecule has 0 aromatic carbocycles. The Morgan fingerprint density at radius 3 is 2.62 bits per heavy atom. The number of carboxylic acid groups (broad SMARTS) is 1. The van der Waals surface area contributed by atoms with Gasteiger partial charge in [0.1, 0.15) is 5.78 Å². The molecule has 0 amide bonds. The van der Waals surface area contributed by atoms with E-state index in [1.165, 1.54) is 0 Å². The van der Waals surface area contributed by atoms with Gasteiger partial charge in [0.05, 0.1) is 5.41 Å². The maximum atomic E-state index is 12.4. The fraction of sp³-hybridized carbons (Fsp3) is 0.778. The van der Waals surface area contributed by atoms with Crippen LogP contribution in [0.4, 0.5) is 0 Å². The maximum Gasteiger partial charge on any atom is 0.313 e. The Hall–Kier alpha value is -1.12. The van der Waals surface area contributed by atoms with Gasteiger partial charge in [-0.3, -0.25) is 9.59 Å². The Balaban J connectivity index is 2.11.